The standard InChI is InChI=1S/C13H13N3O2/c1-9-5-3-4-6-10(9)13(17)16-11-7-15-12(18-2)8-14-11/h3-8H,1-2H3,(H,14,16,17). The molecule has 5 heteroatoms. The van der Waals surface area contributed by atoms with Crippen molar-refractivity contribution in [3.05, 3.63) is 47.8 Å². The monoisotopic (exact) mass is 243 g/mol. The zero-order chi connectivity index (χ0) is 13.0. The molecule has 2 rings (SSSR count). The van der Waals surface area contributed by atoms with Crippen LogP contribution in [0.3, 0.4) is 0 Å². The van der Waals surface area contributed by atoms with Gasteiger partial charge in [-0.05, 0) is 18.6 Å². The maximum absolute atomic E-state index is 12.0. The third kappa shape index (κ3) is 2.63. The van der Waals surface area contributed by atoms with Crippen LogP contribution in [0.4, 0.5) is 5.82 Å². The SMILES string of the molecule is COc1cnc(NC(=O)c2ccccc2C)cn1. The first-order valence-corrected chi connectivity index (χ1v) is 5.43. The second-order valence-corrected chi connectivity index (χ2v) is 3.71. The molecule has 0 aliphatic heterocycles. The van der Waals surface area contributed by atoms with E-state index in [9.17, 15) is 4.79 Å². The molecule has 1 aromatic heterocycles. The van der Waals surface area contributed by atoms with Crippen LogP contribution in [0.15, 0.2) is 36.7 Å². The average molecular weight is 243 g/mol. The molecule has 92 valence electrons. The molecule has 0 aliphatic rings. The fraction of sp³-hybridized carbons (Fsp3) is 0.154. The van der Waals surface area contributed by atoms with Crippen LogP contribution >= 0.6 is 0 Å². The van der Waals surface area contributed by atoms with E-state index in [1.54, 1.807) is 6.07 Å². The molecule has 0 atom stereocenters. The van der Waals surface area contributed by atoms with Crippen LogP contribution in [-0.4, -0.2) is 23.0 Å². The van der Waals surface area contributed by atoms with Gasteiger partial charge in [0.05, 0.1) is 19.5 Å². The van der Waals surface area contributed by atoms with Crippen molar-refractivity contribution in [2.45, 2.75) is 6.92 Å². The number of carbonyl (C=O) groups is 1. The molecule has 0 unspecified atom stereocenters. The van der Waals surface area contributed by atoms with Crippen molar-refractivity contribution < 1.29 is 9.53 Å². The van der Waals surface area contributed by atoms with Crippen LogP contribution in [0.25, 0.3) is 0 Å². The van der Waals surface area contributed by atoms with Gasteiger partial charge in [-0.3, -0.25) is 4.79 Å². The number of nitrogens with one attached hydrogen (secondary N) is 1. The number of aromatic nitrogens is 2. The summed E-state index contributed by atoms with van der Waals surface area (Å²) in [5.74, 6) is 0.598. The fourth-order valence-electron chi connectivity index (χ4n) is 1.50. The number of amides is 1. The van der Waals surface area contributed by atoms with Crippen molar-refractivity contribution in [1.29, 1.82) is 0 Å². The first-order chi connectivity index (χ1) is 8.70. The second kappa shape index (κ2) is 5.27. The first kappa shape index (κ1) is 12.0. The Kier molecular flexibility index (Phi) is 3.52. The van der Waals surface area contributed by atoms with Crippen molar-refractivity contribution in [3.63, 3.8) is 0 Å². The van der Waals surface area contributed by atoms with Crippen molar-refractivity contribution in [3.8, 4) is 5.88 Å². The van der Waals surface area contributed by atoms with Gasteiger partial charge in [0.2, 0.25) is 5.88 Å². The van der Waals surface area contributed by atoms with Crippen molar-refractivity contribution in [2.75, 3.05) is 12.4 Å². The van der Waals surface area contributed by atoms with Gasteiger partial charge >= 0.3 is 0 Å². The van der Waals surface area contributed by atoms with Gasteiger partial charge in [-0.25, -0.2) is 9.97 Å². The Morgan fingerprint density at radius 3 is 2.61 bits per heavy atom. The van der Waals surface area contributed by atoms with Gasteiger partial charge in [0, 0.05) is 5.56 Å². The predicted molar refractivity (Wildman–Crippen MR) is 67.7 cm³/mol. The van der Waals surface area contributed by atoms with Gasteiger partial charge in [-0.2, -0.15) is 0 Å². The van der Waals surface area contributed by atoms with Gasteiger partial charge in [0.1, 0.15) is 0 Å². The molecule has 0 spiro atoms. The molecule has 0 saturated heterocycles. The third-order valence-electron chi connectivity index (χ3n) is 2.47. The van der Waals surface area contributed by atoms with E-state index in [2.05, 4.69) is 15.3 Å². The molecule has 1 aromatic carbocycles. The number of carbonyl (C=O) groups excluding carboxylic acids is 1. The highest BCUT2D eigenvalue weighted by Crippen LogP contribution is 2.11. The first-order valence-electron chi connectivity index (χ1n) is 5.43. The van der Waals surface area contributed by atoms with Crippen LogP contribution in [0.5, 0.6) is 5.88 Å². The minimum absolute atomic E-state index is 0.201. The molecule has 1 N–H and O–H groups in total. The molecule has 0 aliphatic carbocycles. The number of rotatable bonds is 3. The van der Waals surface area contributed by atoms with E-state index in [0.29, 0.717) is 17.3 Å². The molecular weight excluding hydrogens is 230 g/mol. The number of benzene rings is 1. The van der Waals surface area contributed by atoms with Gasteiger partial charge < -0.3 is 10.1 Å². The van der Waals surface area contributed by atoms with Crippen LogP contribution in [0.2, 0.25) is 0 Å². The molecule has 18 heavy (non-hydrogen) atoms. The summed E-state index contributed by atoms with van der Waals surface area (Å²) in [6.45, 7) is 1.88. The predicted octanol–water partition coefficient (Wildman–Crippen LogP) is 2.05. The number of anilines is 1. The summed E-state index contributed by atoms with van der Waals surface area (Å²) in [4.78, 5) is 20.0. The van der Waals surface area contributed by atoms with E-state index in [1.807, 2.05) is 25.1 Å². The van der Waals surface area contributed by atoms with E-state index >= 15 is 0 Å². The summed E-state index contributed by atoms with van der Waals surface area (Å²) in [5, 5.41) is 2.68. The van der Waals surface area contributed by atoms with Gasteiger partial charge in [-0.1, -0.05) is 18.2 Å². The normalized spacial score (nSPS) is 9.89. The maximum atomic E-state index is 12.0. The van der Waals surface area contributed by atoms with Crippen LogP contribution in [-0.2, 0) is 0 Å². The Hall–Kier alpha value is -2.43. The lowest BCUT2D eigenvalue weighted by Gasteiger charge is -2.06. The minimum atomic E-state index is -0.201. The van der Waals surface area contributed by atoms with E-state index in [0.717, 1.165) is 5.56 Å². The van der Waals surface area contributed by atoms with Crippen molar-refractivity contribution in [2.24, 2.45) is 0 Å². The Bertz CT molecular complexity index is 552. The number of methoxy groups -OCH3 is 1. The quantitative estimate of drug-likeness (QED) is 0.896. The Balaban J connectivity index is 2.14. The van der Waals surface area contributed by atoms with E-state index in [-0.39, 0.29) is 5.91 Å². The summed E-state index contributed by atoms with van der Waals surface area (Å²) in [6.07, 6.45) is 2.91. The number of aryl methyl sites for hydroxylation is 1. The summed E-state index contributed by atoms with van der Waals surface area (Å²) in [6, 6.07) is 7.36. The summed E-state index contributed by atoms with van der Waals surface area (Å²) < 4.78 is 4.89. The lowest BCUT2D eigenvalue weighted by molar-refractivity contribution is 0.102. The zero-order valence-electron chi connectivity index (χ0n) is 10.2. The summed E-state index contributed by atoms with van der Waals surface area (Å²) in [5.41, 5.74) is 1.53. The average Bonchev–Trinajstić information content (AvgIpc) is 2.40. The number of ether oxygens (including phenoxy) is 1. The molecule has 1 amide bonds. The molecule has 2 aromatic rings. The highest BCUT2D eigenvalue weighted by Gasteiger charge is 2.09. The summed E-state index contributed by atoms with van der Waals surface area (Å²) >= 11 is 0. The third-order valence-corrected chi connectivity index (χ3v) is 2.47. The maximum Gasteiger partial charge on any atom is 0.257 e. The van der Waals surface area contributed by atoms with Crippen LogP contribution in [0.1, 0.15) is 15.9 Å². The fourth-order valence-corrected chi connectivity index (χ4v) is 1.50. The van der Waals surface area contributed by atoms with E-state index in [4.69, 9.17) is 4.74 Å². The van der Waals surface area contributed by atoms with E-state index in [1.165, 1.54) is 19.5 Å². The molecule has 0 saturated carbocycles. The number of hydrogen-bond acceptors (Lipinski definition) is 4. The molecular formula is C13H13N3O2. The molecule has 1 heterocycles. The van der Waals surface area contributed by atoms with Gasteiger partial charge in [-0.15, -0.1) is 0 Å². The Morgan fingerprint density at radius 1 is 1.22 bits per heavy atom. The topological polar surface area (TPSA) is 64.1 Å². The minimum Gasteiger partial charge on any atom is -0.480 e. The van der Waals surface area contributed by atoms with Crippen LogP contribution in [0, 0.1) is 6.92 Å². The van der Waals surface area contributed by atoms with E-state index < -0.39 is 0 Å². The number of hydrogen-bond donors (Lipinski definition) is 1. The molecule has 0 bridgehead atoms. The van der Waals surface area contributed by atoms with Crippen molar-refractivity contribution in [1.82, 2.24) is 9.97 Å². The smallest absolute Gasteiger partial charge is 0.257 e. The zero-order valence-corrected chi connectivity index (χ0v) is 10.2. The molecule has 5 nitrogen and oxygen atoms in total. The van der Waals surface area contributed by atoms with Crippen molar-refractivity contribution >= 4 is 11.7 Å². The Morgan fingerprint density at radius 2 is 2.00 bits per heavy atom. The largest absolute Gasteiger partial charge is 0.480 e. The second-order valence-electron chi connectivity index (χ2n) is 3.71. The van der Waals surface area contributed by atoms with Gasteiger partial charge in [0.25, 0.3) is 5.91 Å². The highest BCUT2D eigenvalue weighted by atomic mass is 16.5. The number of nitrogens with zero attached hydrogens (tertiary/aromatic N) is 2. The Labute approximate surface area is 105 Å². The van der Waals surface area contributed by atoms with Gasteiger partial charge in [0.15, 0.2) is 5.82 Å². The molecule has 0 radical (unpaired) electrons. The lowest BCUT2D eigenvalue weighted by atomic mass is 10.1. The molecule has 0 fully saturated rings. The summed E-state index contributed by atoms with van der Waals surface area (Å²) in [7, 11) is 1.51. The lowest BCUT2D eigenvalue weighted by Crippen LogP contribution is -2.14. The highest BCUT2D eigenvalue weighted by molar-refractivity contribution is 6.04. The van der Waals surface area contributed by atoms with Crippen LogP contribution < -0.4 is 10.1 Å².